The van der Waals surface area contributed by atoms with Gasteiger partial charge in [-0.05, 0) is 42.3 Å². The molecule has 1 aromatic heterocycles. The summed E-state index contributed by atoms with van der Waals surface area (Å²) in [6, 6.07) is 7.07. The zero-order valence-electron chi connectivity index (χ0n) is 9.84. The van der Waals surface area contributed by atoms with Gasteiger partial charge in [0.05, 0.1) is 4.92 Å². The number of furan rings is 1. The Labute approximate surface area is 113 Å². The van der Waals surface area contributed by atoms with Crippen LogP contribution in [0.15, 0.2) is 34.7 Å². The molecule has 0 unspecified atom stereocenters. The van der Waals surface area contributed by atoms with E-state index in [2.05, 4.69) is 5.32 Å². The molecule has 1 aromatic carbocycles. The SMILES string of the molecule is Cc1cc([N+](=O)[O-])ccc1NC(=O)c1ccc(Cl)o1. The van der Waals surface area contributed by atoms with E-state index >= 15 is 0 Å². The normalized spacial score (nSPS) is 10.2. The van der Waals surface area contributed by atoms with Crippen LogP contribution in [0.3, 0.4) is 0 Å². The summed E-state index contributed by atoms with van der Waals surface area (Å²) in [5, 5.41) is 13.3. The number of amides is 1. The zero-order chi connectivity index (χ0) is 14.0. The van der Waals surface area contributed by atoms with Gasteiger partial charge in [0.15, 0.2) is 11.0 Å². The maximum atomic E-state index is 11.8. The minimum Gasteiger partial charge on any atom is -0.440 e. The number of anilines is 1. The van der Waals surface area contributed by atoms with Crippen LogP contribution < -0.4 is 5.32 Å². The Morgan fingerprint density at radius 2 is 2.11 bits per heavy atom. The Morgan fingerprint density at radius 1 is 1.37 bits per heavy atom. The van der Waals surface area contributed by atoms with Gasteiger partial charge in [-0.2, -0.15) is 0 Å². The minimum atomic E-state index is -0.495. The van der Waals surface area contributed by atoms with Crippen LogP contribution in [-0.2, 0) is 0 Å². The van der Waals surface area contributed by atoms with Gasteiger partial charge in [0.2, 0.25) is 0 Å². The molecular formula is C12H9ClN2O4. The highest BCUT2D eigenvalue weighted by molar-refractivity contribution is 6.29. The lowest BCUT2D eigenvalue weighted by atomic mass is 10.2. The van der Waals surface area contributed by atoms with Crippen molar-refractivity contribution in [2.75, 3.05) is 5.32 Å². The molecular weight excluding hydrogens is 272 g/mol. The van der Waals surface area contributed by atoms with Gasteiger partial charge >= 0.3 is 0 Å². The second-order valence-corrected chi connectivity index (χ2v) is 4.19. The van der Waals surface area contributed by atoms with Crippen molar-refractivity contribution in [2.24, 2.45) is 0 Å². The molecule has 0 aliphatic heterocycles. The topological polar surface area (TPSA) is 85.4 Å². The van der Waals surface area contributed by atoms with Crippen molar-refractivity contribution in [3.63, 3.8) is 0 Å². The van der Waals surface area contributed by atoms with Crippen molar-refractivity contribution in [3.05, 3.63) is 57.0 Å². The molecule has 7 heteroatoms. The van der Waals surface area contributed by atoms with E-state index in [0.717, 1.165) is 0 Å². The number of hydrogen-bond acceptors (Lipinski definition) is 4. The molecule has 0 fully saturated rings. The number of nitro benzene ring substituents is 1. The molecule has 98 valence electrons. The number of benzene rings is 1. The molecule has 0 spiro atoms. The van der Waals surface area contributed by atoms with Gasteiger partial charge in [0.1, 0.15) is 0 Å². The first kappa shape index (κ1) is 13.1. The van der Waals surface area contributed by atoms with E-state index in [9.17, 15) is 14.9 Å². The van der Waals surface area contributed by atoms with Crippen LogP contribution >= 0.6 is 11.6 Å². The minimum absolute atomic E-state index is 0.0310. The maximum Gasteiger partial charge on any atom is 0.291 e. The van der Waals surface area contributed by atoms with Crippen molar-refractivity contribution in [3.8, 4) is 0 Å². The Hall–Kier alpha value is -2.34. The van der Waals surface area contributed by atoms with Crippen LogP contribution in [-0.4, -0.2) is 10.8 Å². The van der Waals surface area contributed by atoms with Crippen LogP contribution in [0.2, 0.25) is 5.22 Å². The fourth-order valence-electron chi connectivity index (χ4n) is 1.52. The molecule has 1 N–H and O–H groups in total. The summed E-state index contributed by atoms with van der Waals surface area (Å²) in [6.07, 6.45) is 0. The number of carbonyl (C=O) groups excluding carboxylic acids is 1. The summed E-state index contributed by atoms with van der Waals surface area (Å²) < 4.78 is 4.96. The van der Waals surface area contributed by atoms with Crippen LogP contribution in [0, 0.1) is 17.0 Å². The van der Waals surface area contributed by atoms with Crippen molar-refractivity contribution < 1.29 is 14.1 Å². The molecule has 0 aliphatic carbocycles. The number of halogens is 1. The van der Waals surface area contributed by atoms with E-state index < -0.39 is 10.8 Å². The lowest BCUT2D eigenvalue weighted by Gasteiger charge is -2.06. The van der Waals surface area contributed by atoms with Gasteiger partial charge in [-0.15, -0.1) is 0 Å². The van der Waals surface area contributed by atoms with E-state index in [1.807, 2.05) is 0 Å². The number of rotatable bonds is 3. The molecule has 0 atom stereocenters. The monoisotopic (exact) mass is 280 g/mol. The molecule has 0 radical (unpaired) electrons. The Kier molecular flexibility index (Phi) is 3.52. The van der Waals surface area contributed by atoms with Gasteiger partial charge in [0.25, 0.3) is 11.6 Å². The van der Waals surface area contributed by atoms with Crippen molar-refractivity contribution >= 4 is 28.9 Å². The number of nitrogens with zero attached hydrogens (tertiary/aromatic N) is 1. The summed E-state index contributed by atoms with van der Waals surface area (Å²) in [4.78, 5) is 21.9. The first-order valence-electron chi connectivity index (χ1n) is 5.29. The molecule has 0 saturated heterocycles. The smallest absolute Gasteiger partial charge is 0.291 e. The molecule has 19 heavy (non-hydrogen) atoms. The molecule has 2 rings (SSSR count). The third-order valence-electron chi connectivity index (χ3n) is 2.47. The summed E-state index contributed by atoms with van der Waals surface area (Å²) in [6.45, 7) is 1.66. The van der Waals surface area contributed by atoms with Gasteiger partial charge in [-0.1, -0.05) is 0 Å². The van der Waals surface area contributed by atoms with E-state index in [1.165, 1.54) is 30.3 Å². The lowest BCUT2D eigenvalue weighted by Crippen LogP contribution is -2.11. The average molecular weight is 281 g/mol. The number of nitro groups is 1. The quantitative estimate of drug-likeness (QED) is 0.689. The highest BCUT2D eigenvalue weighted by Crippen LogP contribution is 2.22. The fourth-order valence-corrected chi connectivity index (χ4v) is 1.67. The summed E-state index contributed by atoms with van der Waals surface area (Å²) in [7, 11) is 0. The summed E-state index contributed by atoms with van der Waals surface area (Å²) >= 11 is 5.57. The molecule has 0 saturated carbocycles. The zero-order valence-corrected chi connectivity index (χ0v) is 10.6. The first-order chi connectivity index (χ1) is 8.97. The number of carbonyl (C=O) groups is 1. The highest BCUT2D eigenvalue weighted by Gasteiger charge is 2.13. The van der Waals surface area contributed by atoms with E-state index in [1.54, 1.807) is 6.92 Å². The molecule has 0 bridgehead atoms. The van der Waals surface area contributed by atoms with Crippen LogP contribution in [0.1, 0.15) is 16.1 Å². The van der Waals surface area contributed by atoms with E-state index in [-0.39, 0.29) is 16.7 Å². The number of hydrogen-bond donors (Lipinski definition) is 1. The van der Waals surface area contributed by atoms with Gasteiger partial charge < -0.3 is 9.73 Å². The molecule has 1 amide bonds. The summed E-state index contributed by atoms with van der Waals surface area (Å²) in [5.74, 6) is -0.397. The number of aryl methyl sites for hydroxylation is 1. The van der Waals surface area contributed by atoms with Crippen molar-refractivity contribution in [1.82, 2.24) is 0 Å². The fraction of sp³-hybridized carbons (Fsp3) is 0.0833. The number of non-ortho nitro benzene ring substituents is 1. The third kappa shape index (κ3) is 2.92. The van der Waals surface area contributed by atoms with Gasteiger partial charge in [-0.3, -0.25) is 14.9 Å². The van der Waals surface area contributed by atoms with Crippen LogP contribution in [0.25, 0.3) is 0 Å². The Balaban J connectivity index is 2.20. The average Bonchev–Trinajstić information content (AvgIpc) is 2.78. The predicted octanol–water partition coefficient (Wildman–Crippen LogP) is 3.40. The largest absolute Gasteiger partial charge is 0.440 e. The van der Waals surface area contributed by atoms with Crippen molar-refractivity contribution in [2.45, 2.75) is 6.92 Å². The predicted molar refractivity (Wildman–Crippen MR) is 69.5 cm³/mol. The second-order valence-electron chi connectivity index (χ2n) is 3.81. The third-order valence-corrected chi connectivity index (χ3v) is 2.67. The molecule has 6 nitrogen and oxygen atoms in total. The second kappa shape index (κ2) is 5.11. The molecule has 0 aliphatic rings. The maximum absolute atomic E-state index is 11.8. The van der Waals surface area contributed by atoms with Gasteiger partial charge in [-0.25, -0.2) is 0 Å². The molecule has 1 heterocycles. The van der Waals surface area contributed by atoms with E-state index in [0.29, 0.717) is 11.3 Å². The highest BCUT2D eigenvalue weighted by atomic mass is 35.5. The van der Waals surface area contributed by atoms with Crippen molar-refractivity contribution in [1.29, 1.82) is 0 Å². The standard InChI is InChI=1S/C12H9ClN2O4/c1-7-6-8(15(17)18)2-3-9(7)14-12(16)10-4-5-11(13)19-10/h2-6H,1H3,(H,14,16). The first-order valence-corrected chi connectivity index (χ1v) is 5.67. The Morgan fingerprint density at radius 3 is 2.63 bits per heavy atom. The lowest BCUT2D eigenvalue weighted by molar-refractivity contribution is -0.384. The van der Waals surface area contributed by atoms with Gasteiger partial charge in [0, 0.05) is 17.8 Å². The molecule has 2 aromatic rings. The summed E-state index contributed by atoms with van der Waals surface area (Å²) in [5.41, 5.74) is 1.03. The van der Waals surface area contributed by atoms with E-state index in [4.69, 9.17) is 16.0 Å². The Bertz CT molecular complexity index is 651. The van der Waals surface area contributed by atoms with Crippen LogP contribution in [0.5, 0.6) is 0 Å². The van der Waals surface area contributed by atoms with Crippen LogP contribution in [0.4, 0.5) is 11.4 Å². The number of nitrogens with one attached hydrogen (secondary N) is 1.